The predicted molar refractivity (Wildman–Crippen MR) is 85.6 cm³/mol. The van der Waals surface area contributed by atoms with E-state index in [-0.39, 0.29) is 11.8 Å². The molecule has 5 heteroatoms. The lowest BCUT2D eigenvalue weighted by molar-refractivity contribution is -0.122. The molecule has 0 bridgehead atoms. The van der Waals surface area contributed by atoms with Gasteiger partial charge in [0, 0.05) is 23.6 Å². The summed E-state index contributed by atoms with van der Waals surface area (Å²) in [5.74, 6) is -0.236. The highest BCUT2D eigenvalue weighted by Gasteiger charge is 2.29. The Morgan fingerprint density at radius 1 is 1.50 bits per heavy atom. The van der Waals surface area contributed by atoms with Crippen LogP contribution in [0.5, 0.6) is 0 Å². The van der Waals surface area contributed by atoms with Gasteiger partial charge in [-0.1, -0.05) is 6.07 Å². The maximum Gasteiger partial charge on any atom is 0.222 e. The van der Waals surface area contributed by atoms with Gasteiger partial charge in [0.15, 0.2) is 0 Å². The van der Waals surface area contributed by atoms with Gasteiger partial charge in [-0.25, -0.2) is 0 Å². The van der Waals surface area contributed by atoms with Crippen LogP contribution in [0.4, 0.5) is 5.69 Å². The zero-order valence-electron chi connectivity index (χ0n) is 12.0. The number of nitrogens with one attached hydrogen (secondary N) is 1. The number of carbonyl (C=O) groups excluding carboxylic acids is 1. The molecule has 1 saturated heterocycles. The van der Waals surface area contributed by atoms with Crippen LogP contribution < -0.4 is 16.0 Å². The molecule has 1 heterocycles. The summed E-state index contributed by atoms with van der Waals surface area (Å²) in [6.07, 6.45) is 1.89. The monoisotopic (exact) mass is 339 g/mol. The Hall–Kier alpha value is -1.07. The maximum absolute atomic E-state index is 11.4. The number of carbonyl (C=O) groups is 1. The minimum atomic E-state index is -0.190. The molecule has 2 unspecified atom stereocenters. The van der Waals surface area contributed by atoms with Crippen molar-refractivity contribution in [3.05, 3.63) is 28.2 Å². The highest BCUT2D eigenvalue weighted by atomic mass is 79.9. The molecule has 0 radical (unpaired) electrons. The number of hydrogen-bond acceptors (Lipinski definition) is 3. The molecule has 1 aliphatic heterocycles. The molecule has 0 saturated carbocycles. The second-order valence-electron chi connectivity index (χ2n) is 5.49. The summed E-state index contributed by atoms with van der Waals surface area (Å²) in [4.78, 5) is 13.7. The normalized spacial score (nSPS) is 22.9. The summed E-state index contributed by atoms with van der Waals surface area (Å²) >= 11 is 3.65. The molecule has 0 aliphatic carbocycles. The van der Waals surface area contributed by atoms with E-state index in [1.807, 2.05) is 7.05 Å². The van der Waals surface area contributed by atoms with E-state index in [2.05, 4.69) is 51.3 Å². The van der Waals surface area contributed by atoms with E-state index < -0.39 is 0 Å². The van der Waals surface area contributed by atoms with Crippen molar-refractivity contribution in [3.8, 4) is 0 Å². The van der Waals surface area contributed by atoms with Gasteiger partial charge in [0.2, 0.25) is 5.91 Å². The minimum absolute atomic E-state index is 0.0462. The number of anilines is 1. The van der Waals surface area contributed by atoms with Crippen molar-refractivity contribution in [2.75, 3.05) is 18.5 Å². The summed E-state index contributed by atoms with van der Waals surface area (Å²) in [5.41, 5.74) is 7.85. The van der Waals surface area contributed by atoms with Gasteiger partial charge in [-0.2, -0.15) is 0 Å². The number of benzene rings is 1. The molecule has 0 spiro atoms. The van der Waals surface area contributed by atoms with Crippen LogP contribution in [0.1, 0.15) is 25.3 Å². The molecule has 4 nitrogen and oxygen atoms in total. The maximum atomic E-state index is 11.4. The minimum Gasteiger partial charge on any atom is -0.369 e. The van der Waals surface area contributed by atoms with Crippen LogP contribution in [-0.2, 0) is 11.3 Å². The number of amides is 1. The van der Waals surface area contributed by atoms with Crippen molar-refractivity contribution < 1.29 is 4.79 Å². The van der Waals surface area contributed by atoms with Gasteiger partial charge >= 0.3 is 0 Å². The van der Waals surface area contributed by atoms with E-state index in [1.165, 1.54) is 5.56 Å². The van der Waals surface area contributed by atoms with E-state index >= 15 is 0 Å². The number of nitrogens with two attached hydrogens (primary N) is 1. The molecule has 1 aliphatic rings. The average molecular weight is 340 g/mol. The van der Waals surface area contributed by atoms with Crippen LogP contribution >= 0.6 is 15.9 Å². The molecule has 1 aromatic rings. The highest BCUT2D eigenvalue weighted by Crippen LogP contribution is 2.33. The smallest absolute Gasteiger partial charge is 0.222 e. The van der Waals surface area contributed by atoms with E-state index in [0.29, 0.717) is 12.6 Å². The Balaban J connectivity index is 2.22. The van der Waals surface area contributed by atoms with Crippen molar-refractivity contribution in [1.29, 1.82) is 0 Å². The number of piperidine rings is 1. The van der Waals surface area contributed by atoms with Gasteiger partial charge in [-0.3, -0.25) is 4.79 Å². The zero-order valence-corrected chi connectivity index (χ0v) is 13.6. The van der Waals surface area contributed by atoms with E-state index in [0.717, 1.165) is 29.5 Å². The van der Waals surface area contributed by atoms with Gasteiger partial charge in [0.05, 0.1) is 11.6 Å². The number of hydrogen-bond donors (Lipinski definition) is 2. The van der Waals surface area contributed by atoms with Crippen LogP contribution in [0.3, 0.4) is 0 Å². The van der Waals surface area contributed by atoms with Crippen molar-refractivity contribution in [3.63, 3.8) is 0 Å². The molecular weight excluding hydrogens is 318 g/mol. The van der Waals surface area contributed by atoms with Gasteiger partial charge < -0.3 is 16.0 Å². The zero-order chi connectivity index (χ0) is 14.7. The molecule has 110 valence electrons. The first kappa shape index (κ1) is 15.3. The van der Waals surface area contributed by atoms with Gasteiger partial charge in [-0.15, -0.1) is 0 Å². The van der Waals surface area contributed by atoms with Crippen LogP contribution in [0.2, 0.25) is 0 Å². The molecule has 2 rings (SSSR count). The Bertz CT molecular complexity index is 492. The van der Waals surface area contributed by atoms with Gasteiger partial charge in [0.1, 0.15) is 0 Å². The largest absolute Gasteiger partial charge is 0.369 e. The molecule has 1 aromatic carbocycles. The standard InChI is InChI=1S/C15H22BrN3O/c1-10-3-5-12(15(17)20)9-19(10)14-6-4-11(8-18-2)7-13(14)16/h4,6-7,10,12,18H,3,5,8-9H2,1-2H3,(H2,17,20). The van der Waals surface area contributed by atoms with Crippen molar-refractivity contribution in [1.82, 2.24) is 5.32 Å². The lowest BCUT2D eigenvalue weighted by atomic mass is 9.92. The molecule has 1 amide bonds. The van der Waals surface area contributed by atoms with Crippen molar-refractivity contribution in [2.24, 2.45) is 11.7 Å². The predicted octanol–water partition coefficient (Wildman–Crippen LogP) is 2.26. The second kappa shape index (κ2) is 6.59. The fourth-order valence-electron chi connectivity index (χ4n) is 2.77. The van der Waals surface area contributed by atoms with E-state index in [9.17, 15) is 4.79 Å². The average Bonchev–Trinajstić information content (AvgIpc) is 2.40. The first-order valence-corrected chi connectivity index (χ1v) is 7.81. The molecule has 0 aromatic heterocycles. The Morgan fingerprint density at radius 3 is 2.85 bits per heavy atom. The molecule has 1 fully saturated rings. The van der Waals surface area contributed by atoms with Crippen molar-refractivity contribution >= 4 is 27.5 Å². The fraction of sp³-hybridized carbons (Fsp3) is 0.533. The molecular formula is C15H22BrN3O. The molecule has 3 N–H and O–H groups in total. The SMILES string of the molecule is CNCc1ccc(N2CC(C(N)=O)CCC2C)c(Br)c1. The van der Waals surface area contributed by atoms with Crippen LogP contribution in [0.15, 0.2) is 22.7 Å². The highest BCUT2D eigenvalue weighted by molar-refractivity contribution is 9.10. The van der Waals surface area contributed by atoms with Crippen LogP contribution in [0, 0.1) is 5.92 Å². The van der Waals surface area contributed by atoms with Gasteiger partial charge in [-0.05, 0) is 60.4 Å². The Kier molecular flexibility index (Phi) is 5.05. The lowest BCUT2D eigenvalue weighted by Gasteiger charge is -2.39. The topological polar surface area (TPSA) is 58.4 Å². The Labute approximate surface area is 128 Å². The number of halogens is 1. The first-order chi connectivity index (χ1) is 9.52. The van der Waals surface area contributed by atoms with E-state index in [1.54, 1.807) is 0 Å². The summed E-state index contributed by atoms with van der Waals surface area (Å²) in [6.45, 7) is 3.75. The Morgan fingerprint density at radius 2 is 2.25 bits per heavy atom. The quantitative estimate of drug-likeness (QED) is 0.884. The lowest BCUT2D eigenvalue weighted by Crippen LogP contribution is -2.46. The number of nitrogens with zero attached hydrogens (tertiary/aromatic N) is 1. The summed E-state index contributed by atoms with van der Waals surface area (Å²) in [6, 6.07) is 6.80. The fourth-order valence-corrected chi connectivity index (χ4v) is 3.43. The van der Waals surface area contributed by atoms with Crippen molar-refractivity contribution in [2.45, 2.75) is 32.4 Å². The third-order valence-corrected chi connectivity index (χ3v) is 4.62. The number of primary amides is 1. The summed E-state index contributed by atoms with van der Waals surface area (Å²) in [7, 11) is 1.94. The van der Waals surface area contributed by atoms with E-state index in [4.69, 9.17) is 5.73 Å². The third kappa shape index (κ3) is 3.33. The van der Waals surface area contributed by atoms with Crippen LogP contribution in [0.25, 0.3) is 0 Å². The first-order valence-electron chi connectivity index (χ1n) is 7.02. The van der Waals surface area contributed by atoms with Gasteiger partial charge in [0.25, 0.3) is 0 Å². The third-order valence-electron chi connectivity index (χ3n) is 3.99. The second-order valence-corrected chi connectivity index (χ2v) is 6.35. The molecule has 20 heavy (non-hydrogen) atoms. The van der Waals surface area contributed by atoms with Crippen LogP contribution in [-0.4, -0.2) is 25.5 Å². The molecule has 2 atom stereocenters. The summed E-state index contributed by atoms with van der Waals surface area (Å²) in [5, 5.41) is 3.15. The number of rotatable bonds is 4. The summed E-state index contributed by atoms with van der Waals surface area (Å²) < 4.78 is 1.07.